The van der Waals surface area contributed by atoms with E-state index in [4.69, 9.17) is 34.0 Å². The van der Waals surface area contributed by atoms with E-state index >= 15 is 0 Å². The highest BCUT2D eigenvalue weighted by Gasteiger charge is 2.25. The summed E-state index contributed by atoms with van der Waals surface area (Å²) in [6.45, 7) is 5.24. The highest BCUT2D eigenvalue weighted by atomic mass is 35.5. The van der Waals surface area contributed by atoms with Crippen molar-refractivity contribution in [2.75, 3.05) is 45.9 Å². The molecule has 1 heterocycles. The van der Waals surface area contributed by atoms with Crippen LogP contribution in [0.1, 0.15) is 11.6 Å². The number of hydrogen-bond acceptors (Lipinski definition) is 4. The van der Waals surface area contributed by atoms with E-state index in [-0.39, 0.29) is 12.6 Å². The summed E-state index contributed by atoms with van der Waals surface area (Å²) in [4.78, 5) is 4.61. The maximum absolute atomic E-state index is 8.97. The Labute approximate surface area is 130 Å². The molecule has 0 aromatic heterocycles. The number of β-amino-alcohol motifs (C(OH)–C–C–N with tert-alkyl or cyclic N) is 1. The number of hydrogen-bond donors (Lipinski definition) is 2. The van der Waals surface area contributed by atoms with E-state index in [0.717, 1.165) is 38.3 Å². The molecule has 1 aromatic rings. The van der Waals surface area contributed by atoms with Crippen molar-refractivity contribution in [3.63, 3.8) is 0 Å². The van der Waals surface area contributed by atoms with E-state index < -0.39 is 0 Å². The second kappa shape index (κ2) is 7.59. The second-order valence-electron chi connectivity index (χ2n) is 5.02. The molecule has 6 heteroatoms. The molecule has 1 aliphatic rings. The maximum Gasteiger partial charge on any atom is 0.0558 e. The van der Waals surface area contributed by atoms with Gasteiger partial charge >= 0.3 is 0 Å². The van der Waals surface area contributed by atoms with Gasteiger partial charge in [0.2, 0.25) is 0 Å². The van der Waals surface area contributed by atoms with Gasteiger partial charge in [-0.25, -0.2) is 0 Å². The summed E-state index contributed by atoms with van der Waals surface area (Å²) in [5.74, 6) is 0. The van der Waals surface area contributed by atoms with Crippen molar-refractivity contribution in [2.45, 2.75) is 6.04 Å². The van der Waals surface area contributed by atoms with Crippen molar-refractivity contribution in [1.29, 1.82) is 0 Å². The lowest BCUT2D eigenvalue weighted by Gasteiger charge is -2.39. The Bertz CT molecular complexity index is 436. The van der Waals surface area contributed by atoms with Crippen LogP contribution >= 0.6 is 23.2 Å². The van der Waals surface area contributed by atoms with Crippen molar-refractivity contribution < 1.29 is 5.11 Å². The number of nitrogens with two attached hydrogens (primary N) is 1. The van der Waals surface area contributed by atoms with E-state index in [2.05, 4.69) is 9.80 Å². The molecule has 112 valence electrons. The van der Waals surface area contributed by atoms with Crippen molar-refractivity contribution in [1.82, 2.24) is 9.80 Å². The second-order valence-corrected chi connectivity index (χ2v) is 5.86. The molecule has 3 N–H and O–H groups in total. The SMILES string of the molecule is NCC(c1ccc(Cl)cc1Cl)N1CCN(CCO)CC1. The first-order valence-electron chi connectivity index (χ1n) is 6.88. The Morgan fingerprint density at radius 2 is 1.90 bits per heavy atom. The van der Waals surface area contributed by atoms with Crippen LogP contribution in [0.2, 0.25) is 10.0 Å². The quantitative estimate of drug-likeness (QED) is 0.866. The molecule has 2 rings (SSSR count). The van der Waals surface area contributed by atoms with Crippen LogP contribution in [0.4, 0.5) is 0 Å². The number of halogens is 2. The molecule has 4 nitrogen and oxygen atoms in total. The molecule has 0 aliphatic carbocycles. The molecule has 1 aromatic carbocycles. The van der Waals surface area contributed by atoms with E-state index in [1.807, 2.05) is 12.1 Å². The number of aliphatic hydroxyl groups is 1. The van der Waals surface area contributed by atoms with Gasteiger partial charge in [0.25, 0.3) is 0 Å². The number of aliphatic hydroxyl groups excluding tert-OH is 1. The number of nitrogens with zero attached hydrogens (tertiary/aromatic N) is 2. The van der Waals surface area contributed by atoms with E-state index in [1.165, 1.54) is 0 Å². The zero-order valence-electron chi connectivity index (χ0n) is 11.4. The van der Waals surface area contributed by atoms with Crippen LogP contribution < -0.4 is 5.73 Å². The third-order valence-electron chi connectivity index (χ3n) is 3.81. The molecule has 0 radical (unpaired) electrons. The van der Waals surface area contributed by atoms with Crippen LogP contribution in [0, 0.1) is 0 Å². The van der Waals surface area contributed by atoms with Gasteiger partial charge in [0.1, 0.15) is 0 Å². The average molecular weight is 318 g/mol. The molecule has 20 heavy (non-hydrogen) atoms. The number of rotatable bonds is 5. The molecular formula is C14H21Cl2N3O. The van der Waals surface area contributed by atoms with Crippen molar-refractivity contribution >= 4 is 23.2 Å². The largest absolute Gasteiger partial charge is 0.395 e. The fraction of sp³-hybridized carbons (Fsp3) is 0.571. The van der Waals surface area contributed by atoms with Crippen LogP contribution in [0.15, 0.2) is 18.2 Å². The van der Waals surface area contributed by atoms with E-state index in [1.54, 1.807) is 6.07 Å². The van der Waals surface area contributed by atoms with Crippen molar-refractivity contribution in [3.05, 3.63) is 33.8 Å². The van der Waals surface area contributed by atoms with E-state index in [0.29, 0.717) is 16.6 Å². The first-order valence-corrected chi connectivity index (χ1v) is 7.63. The van der Waals surface area contributed by atoms with Crippen LogP contribution in [-0.2, 0) is 0 Å². The lowest BCUT2D eigenvalue weighted by Crippen LogP contribution is -2.49. The zero-order chi connectivity index (χ0) is 14.5. The summed E-state index contributed by atoms with van der Waals surface area (Å²) in [6, 6.07) is 5.70. The minimum atomic E-state index is 0.121. The predicted octanol–water partition coefficient (Wildman–Crippen LogP) is 1.60. The van der Waals surface area contributed by atoms with Gasteiger partial charge in [0, 0.05) is 55.4 Å². The zero-order valence-corrected chi connectivity index (χ0v) is 12.9. The van der Waals surface area contributed by atoms with Gasteiger partial charge in [0.15, 0.2) is 0 Å². The lowest BCUT2D eigenvalue weighted by molar-refractivity contribution is 0.0857. The van der Waals surface area contributed by atoms with Gasteiger partial charge in [-0.15, -0.1) is 0 Å². The minimum Gasteiger partial charge on any atom is -0.395 e. The Morgan fingerprint density at radius 1 is 1.20 bits per heavy atom. The first-order chi connectivity index (χ1) is 9.65. The fourth-order valence-electron chi connectivity index (χ4n) is 2.68. The Hall–Kier alpha value is -0.360. The first kappa shape index (κ1) is 16.0. The van der Waals surface area contributed by atoms with Crippen LogP contribution in [0.3, 0.4) is 0 Å². The van der Waals surface area contributed by atoms with Gasteiger partial charge < -0.3 is 10.8 Å². The number of benzene rings is 1. The lowest BCUT2D eigenvalue weighted by atomic mass is 10.0. The van der Waals surface area contributed by atoms with Crippen molar-refractivity contribution in [2.24, 2.45) is 5.73 Å². The molecule has 1 saturated heterocycles. The topological polar surface area (TPSA) is 52.7 Å². The van der Waals surface area contributed by atoms with Crippen LogP contribution in [0.5, 0.6) is 0 Å². The molecule has 1 fully saturated rings. The smallest absolute Gasteiger partial charge is 0.0558 e. The van der Waals surface area contributed by atoms with Gasteiger partial charge in [-0.3, -0.25) is 9.80 Å². The fourth-order valence-corrected chi connectivity index (χ4v) is 3.22. The average Bonchev–Trinajstić information content (AvgIpc) is 2.44. The summed E-state index contributed by atoms with van der Waals surface area (Å²) in [5, 5.41) is 10.3. The van der Waals surface area contributed by atoms with Gasteiger partial charge in [-0.1, -0.05) is 29.3 Å². The third-order valence-corrected chi connectivity index (χ3v) is 4.37. The highest BCUT2D eigenvalue weighted by molar-refractivity contribution is 6.35. The molecule has 0 saturated carbocycles. The minimum absolute atomic E-state index is 0.121. The molecule has 1 atom stereocenters. The summed E-state index contributed by atoms with van der Waals surface area (Å²) < 4.78 is 0. The van der Waals surface area contributed by atoms with Crippen LogP contribution in [0.25, 0.3) is 0 Å². The summed E-state index contributed by atoms with van der Waals surface area (Å²) in [6.07, 6.45) is 0. The predicted molar refractivity (Wildman–Crippen MR) is 83.4 cm³/mol. The molecule has 0 spiro atoms. The monoisotopic (exact) mass is 317 g/mol. The molecule has 0 bridgehead atoms. The van der Waals surface area contributed by atoms with Gasteiger partial charge in [-0.2, -0.15) is 0 Å². The van der Waals surface area contributed by atoms with Gasteiger partial charge in [-0.05, 0) is 17.7 Å². The van der Waals surface area contributed by atoms with Crippen LogP contribution in [-0.4, -0.2) is 60.8 Å². The Balaban J connectivity index is 2.05. The normalized spacial score (nSPS) is 19.2. The highest BCUT2D eigenvalue weighted by Crippen LogP contribution is 2.30. The maximum atomic E-state index is 8.97. The summed E-state index contributed by atoms with van der Waals surface area (Å²) in [5.41, 5.74) is 6.99. The summed E-state index contributed by atoms with van der Waals surface area (Å²) >= 11 is 12.2. The molecule has 1 aliphatic heterocycles. The van der Waals surface area contributed by atoms with Gasteiger partial charge in [0.05, 0.1) is 6.61 Å². The standard InChI is InChI=1S/C14H21Cl2N3O/c15-11-1-2-12(13(16)9-11)14(10-17)19-5-3-18(4-6-19)7-8-20/h1-2,9,14,20H,3-8,10,17H2. The Kier molecular flexibility index (Phi) is 6.08. The molecule has 1 unspecified atom stereocenters. The number of piperazine rings is 1. The summed E-state index contributed by atoms with van der Waals surface area (Å²) in [7, 11) is 0. The molecule has 0 amide bonds. The van der Waals surface area contributed by atoms with E-state index in [9.17, 15) is 0 Å². The Morgan fingerprint density at radius 3 is 2.45 bits per heavy atom. The van der Waals surface area contributed by atoms with Crippen molar-refractivity contribution in [3.8, 4) is 0 Å². The molecular weight excluding hydrogens is 297 g/mol. The third kappa shape index (κ3) is 3.85.